The van der Waals surface area contributed by atoms with E-state index in [1.54, 1.807) is 0 Å². The van der Waals surface area contributed by atoms with Crippen molar-refractivity contribution in [1.29, 1.82) is 0 Å². The van der Waals surface area contributed by atoms with Crippen LogP contribution in [0.2, 0.25) is 0 Å². The average molecular weight is 782 g/mol. The summed E-state index contributed by atoms with van der Waals surface area (Å²) in [5.74, 6) is 3.01. The fourth-order valence-electron chi connectivity index (χ4n) is 6.17. The minimum Gasteiger partial charge on any atom is -0.744 e. The normalized spacial score (nSPS) is 14.8. The summed E-state index contributed by atoms with van der Waals surface area (Å²) in [5.41, 5.74) is 3.54. The van der Waals surface area contributed by atoms with Crippen LogP contribution in [0.25, 0.3) is 33.4 Å². The first-order valence-corrected chi connectivity index (χ1v) is 19.7. The molecule has 2 aromatic carbocycles. The molecule has 54 heavy (non-hydrogen) atoms. The summed E-state index contributed by atoms with van der Waals surface area (Å²) >= 11 is 0. The van der Waals surface area contributed by atoms with Gasteiger partial charge in [0.1, 0.15) is 37.8 Å². The topological polar surface area (TPSA) is 284 Å². The smallest absolute Gasteiger partial charge is 0.336 e. The molecule has 1 aliphatic heterocycles. The second-order valence-corrected chi connectivity index (χ2v) is 15.2. The number of nitrogen functional groups attached to an aromatic ring is 1. The lowest BCUT2D eigenvalue weighted by atomic mass is 9.89. The van der Waals surface area contributed by atoms with Crippen molar-refractivity contribution in [3.05, 3.63) is 58.9 Å². The fraction of sp³-hybridized carbons (Fsp3) is 0.333. The maximum Gasteiger partial charge on any atom is 0.336 e. The first-order valence-electron chi connectivity index (χ1n) is 16.9. The van der Waals surface area contributed by atoms with E-state index in [0.717, 1.165) is 50.3 Å². The minimum atomic E-state index is -5.38. The standard InChI is InChI=1S/C36H38N4O12S2/c37-27-15-13-24-30(25-14-16-28(38)34(54(48,49)50)32(25)52-31(24)33(27)53(45,46)47)23-12-11-21(19-26(23)36(43)44)35(42)40-18-8-4-7-17-39-29(41)20-51-22-9-5-2-1-3-6-10-22/h11-16,19,22,37H,1-5,7-9,17-18,20,38H2,(H,39,41)(H,40,42)(H,43,44)(H,45,46,47)(H,48,49,50)/p-1. The Morgan fingerprint density at radius 3 is 2.33 bits per heavy atom. The molecular formula is C36H37N4O12S2-. The zero-order chi connectivity index (χ0) is 39.2. The van der Waals surface area contributed by atoms with Gasteiger partial charge in [0.25, 0.3) is 5.91 Å². The van der Waals surface area contributed by atoms with E-state index >= 15 is 0 Å². The molecule has 0 saturated heterocycles. The van der Waals surface area contributed by atoms with Gasteiger partial charge in [0.15, 0.2) is 16.2 Å². The molecule has 1 atom stereocenters. The van der Waals surface area contributed by atoms with Crippen LogP contribution in [0.1, 0.15) is 72.1 Å². The number of carbonyl (C=O) groups is 3. The fourth-order valence-corrected chi connectivity index (χ4v) is 7.65. The molecule has 16 nitrogen and oxygen atoms in total. The number of nitrogens with one attached hydrogen (secondary N) is 2. The van der Waals surface area contributed by atoms with Crippen molar-refractivity contribution < 1.29 is 60.0 Å². The van der Waals surface area contributed by atoms with Crippen LogP contribution >= 0.6 is 0 Å². The Labute approximate surface area is 310 Å². The van der Waals surface area contributed by atoms with Gasteiger partial charge in [-0.05, 0) is 74.4 Å². The zero-order valence-electron chi connectivity index (χ0n) is 28.8. The number of carboxylic acid groups (broad SMARTS) is 1. The van der Waals surface area contributed by atoms with E-state index in [2.05, 4.69) is 22.5 Å². The predicted molar refractivity (Wildman–Crippen MR) is 190 cm³/mol. The van der Waals surface area contributed by atoms with Crippen LogP contribution in [0.4, 0.5) is 5.69 Å². The number of ether oxygens (including phenoxy) is 1. The summed E-state index contributed by atoms with van der Waals surface area (Å²) in [6, 6.07) is 8.22. The molecule has 0 bridgehead atoms. The molecule has 7 N–H and O–H groups in total. The van der Waals surface area contributed by atoms with Crippen molar-refractivity contribution in [2.75, 3.05) is 25.4 Å². The van der Waals surface area contributed by atoms with Crippen LogP contribution in [0, 0.1) is 11.8 Å². The molecule has 3 aliphatic rings. The number of hydrogen-bond donors (Lipinski definition) is 5. The van der Waals surface area contributed by atoms with Crippen molar-refractivity contribution in [2.24, 2.45) is 0 Å². The molecule has 0 saturated carbocycles. The summed E-state index contributed by atoms with van der Waals surface area (Å²) in [7, 11) is -10.8. The third-order valence-corrected chi connectivity index (χ3v) is 10.6. The number of amides is 2. The highest BCUT2D eigenvalue weighted by Gasteiger charge is 2.30. The van der Waals surface area contributed by atoms with Crippen molar-refractivity contribution in [2.45, 2.75) is 67.3 Å². The van der Waals surface area contributed by atoms with Gasteiger partial charge in [-0.25, -0.2) is 21.6 Å². The van der Waals surface area contributed by atoms with Gasteiger partial charge in [-0.3, -0.25) is 15.0 Å². The zero-order valence-corrected chi connectivity index (χ0v) is 30.4. The van der Waals surface area contributed by atoms with Crippen LogP contribution in [0.5, 0.6) is 0 Å². The van der Waals surface area contributed by atoms with Crippen LogP contribution in [-0.2, 0) is 29.8 Å². The molecular weight excluding hydrogens is 745 g/mol. The maximum absolute atomic E-state index is 13.1. The number of carbonyl (C=O) groups excluding carboxylic acids is 2. The third-order valence-electron chi connectivity index (χ3n) is 8.72. The third kappa shape index (κ3) is 9.24. The number of anilines is 1. The number of rotatable bonds is 14. The largest absolute Gasteiger partial charge is 0.744 e. The van der Waals surface area contributed by atoms with E-state index in [4.69, 9.17) is 20.3 Å². The number of nitrogens with two attached hydrogens (primary N) is 2. The van der Waals surface area contributed by atoms with Gasteiger partial charge in [-0.15, -0.1) is 5.92 Å². The van der Waals surface area contributed by atoms with Crippen molar-refractivity contribution in [3.8, 4) is 34.3 Å². The Balaban J connectivity index is 1.33. The molecule has 0 radical (unpaired) electrons. The molecule has 0 fully saturated rings. The summed E-state index contributed by atoms with van der Waals surface area (Å²) in [6.07, 6.45) is 6.42. The molecule has 1 unspecified atom stereocenters. The molecule has 0 aromatic heterocycles. The highest BCUT2D eigenvalue weighted by Crippen LogP contribution is 2.45. The van der Waals surface area contributed by atoms with Gasteiger partial charge in [0, 0.05) is 47.7 Å². The maximum atomic E-state index is 13.1. The van der Waals surface area contributed by atoms with Gasteiger partial charge >= 0.3 is 5.97 Å². The van der Waals surface area contributed by atoms with Crippen molar-refractivity contribution in [1.82, 2.24) is 10.6 Å². The molecule has 18 heteroatoms. The molecule has 0 spiro atoms. The molecule has 2 aromatic rings. The van der Waals surface area contributed by atoms with Gasteiger partial charge in [0.05, 0.1) is 11.3 Å². The highest BCUT2D eigenvalue weighted by atomic mass is 32.2. The van der Waals surface area contributed by atoms with E-state index in [-0.39, 0.29) is 52.8 Å². The van der Waals surface area contributed by atoms with E-state index in [1.165, 1.54) is 24.3 Å². The Hall–Kier alpha value is -5.32. The lowest BCUT2D eigenvalue weighted by Crippen LogP contribution is -2.47. The lowest BCUT2D eigenvalue weighted by molar-refractivity contribution is -0.176. The number of unbranched alkanes of at least 4 members (excludes halogenated alkanes) is 2. The van der Waals surface area contributed by atoms with E-state index in [0.29, 0.717) is 25.8 Å². The van der Waals surface area contributed by atoms with Gasteiger partial charge in [0.2, 0.25) is 11.3 Å². The SMILES string of the molecule is Nc1ccc2c(-c3ccc(C(=O)NCCCCCNC(=O)COC4C#CCCCCC4)cc3C(=O)O)c3ccc(=[NH2+])c(S(=O)(=O)[O-])c-3oc2c1S(=O)(=O)[O-]. The Kier molecular flexibility index (Phi) is 12.4. The first kappa shape index (κ1) is 39.9. The quantitative estimate of drug-likeness (QED) is 0.0397. The van der Waals surface area contributed by atoms with E-state index in [1.807, 2.05) is 0 Å². The van der Waals surface area contributed by atoms with Crippen LogP contribution in [0.3, 0.4) is 0 Å². The van der Waals surface area contributed by atoms with Crippen molar-refractivity contribution in [3.63, 3.8) is 0 Å². The average Bonchev–Trinajstić information content (AvgIpc) is 3.08. The van der Waals surface area contributed by atoms with Gasteiger partial charge in [-0.2, -0.15) is 0 Å². The molecule has 2 amide bonds. The van der Waals surface area contributed by atoms with Gasteiger partial charge < -0.3 is 39.7 Å². The summed E-state index contributed by atoms with van der Waals surface area (Å²) < 4.78 is 85.1. The van der Waals surface area contributed by atoms with Crippen molar-refractivity contribution >= 4 is 54.7 Å². The Bertz CT molecular complexity index is 2430. The molecule has 1 heterocycles. The van der Waals surface area contributed by atoms with Crippen LogP contribution in [-0.4, -0.2) is 74.6 Å². The highest BCUT2D eigenvalue weighted by molar-refractivity contribution is 7.86. The lowest BCUT2D eigenvalue weighted by Gasteiger charge is -2.22. The number of aromatic carboxylic acids is 1. The van der Waals surface area contributed by atoms with Crippen LogP contribution in [0.15, 0.2) is 56.7 Å². The number of carboxylic acids is 1. The molecule has 5 rings (SSSR count). The summed E-state index contributed by atoms with van der Waals surface area (Å²) in [6.45, 7) is 0.571. The van der Waals surface area contributed by atoms with Gasteiger partial charge in [-0.1, -0.05) is 18.4 Å². The molecule has 2 aliphatic carbocycles. The second-order valence-electron chi connectivity index (χ2n) is 12.6. The first-order chi connectivity index (χ1) is 25.6. The predicted octanol–water partition coefficient (Wildman–Crippen LogP) is 1.32. The minimum absolute atomic E-state index is 0.0502. The number of benzene rings is 3. The summed E-state index contributed by atoms with van der Waals surface area (Å²) in [5, 5.41) is 20.9. The second kappa shape index (κ2) is 16.8. The van der Waals surface area contributed by atoms with E-state index in [9.17, 15) is 45.4 Å². The summed E-state index contributed by atoms with van der Waals surface area (Å²) in [4.78, 5) is 35.7. The molecule has 286 valence electrons. The number of fused-ring (bicyclic) bond motifs is 2. The van der Waals surface area contributed by atoms with Crippen LogP contribution < -0.4 is 27.1 Å². The Morgan fingerprint density at radius 2 is 1.63 bits per heavy atom. The Morgan fingerprint density at radius 1 is 0.926 bits per heavy atom. The monoisotopic (exact) mass is 781 g/mol. The van der Waals surface area contributed by atoms with E-state index < -0.39 is 69.9 Å². The number of hydrogen-bond acceptors (Lipinski definition) is 12.